The molecule has 4 nitrogen and oxygen atoms in total. The molecule has 0 fully saturated rings. The number of nitrogen functional groups attached to an aromatic ring is 1. The molecule has 0 aliphatic heterocycles. The molecule has 0 atom stereocenters. The average Bonchev–Trinajstić information content (AvgIpc) is 2.77. The normalized spacial score (nSPS) is 10.6. The topological polar surface area (TPSA) is 56.7 Å². The van der Waals surface area contributed by atoms with Crippen LogP contribution in [0.25, 0.3) is 0 Å². The van der Waals surface area contributed by atoms with E-state index in [0.29, 0.717) is 12.5 Å². The standard InChI is InChI=1S/C9H12N4S/c1-2-8-12-7(6-14-8)5-13-4-3-11-9(13)10/h3-4,6H,2,5H2,1H3,(H2,10,11). The summed E-state index contributed by atoms with van der Waals surface area (Å²) in [6.07, 6.45) is 4.55. The number of anilines is 1. The van der Waals surface area contributed by atoms with Crippen molar-refractivity contribution in [3.63, 3.8) is 0 Å². The van der Waals surface area contributed by atoms with E-state index in [1.807, 2.05) is 10.8 Å². The van der Waals surface area contributed by atoms with Gasteiger partial charge in [-0.2, -0.15) is 0 Å². The molecular formula is C9H12N4S. The summed E-state index contributed by atoms with van der Waals surface area (Å²) >= 11 is 1.69. The first kappa shape index (κ1) is 9.21. The van der Waals surface area contributed by atoms with Crippen LogP contribution in [0, 0.1) is 0 Å². The molecular weight excluding hydrogens is 196 g/mol. The minimum atomic E-state index is 0.538. The second-order valence-corrected chi connectivity index (χ2v) is 3.94. The van der Waals surface area contributed by atoms with Crippen LogP contribution in [-0.4, -0.2) is 14.5 Å². The van der Waals surface area contributed by atoms with E-state index in [4.69, 9.17) is 5.73 Å². The first-order valence-electron chi connectivity index (χ1n) is 4.49. The first-order valence-corrected chi connectivity index (χ1v) is 5.37. The monoisotopic (exact) mass is 208 g/mol. The summed E-state index contributed by atoms with van der Waals surface area (Å²) in [5.74, 6) is 0.538. The van der Waals surface area contributed by atoms with Crippen molar-refractivity contribution in [3.05, 3.63) is 28.5 Å². The van der Waals surface area contributed by atoms with E-state index >= 15 is 0 Å². The summed E-state index contributed by atoms with van der Waals surface area (Å²) in [6.45, 7) is 2.82. The number of nitrogens with two attached hydrogens (primary N) is 1. The molecule has 0 unspecified atom stereocenters. The van der Waals surface area contributed by atoms with Gasteiger partial charge in [0, 0.05) is 17.8 Å². The minimum Gasteiger partial charge on any atom is -0.369 e. The van der Waals surface area contributed by atoms with Crippen LogP contribution in [0.4, 0.5) is 5.95 Å². The second-order valence-electron chi connectivity index (χ2n) is 3.00. The Hall–Kier alpha value is -1.36. The van der Waals surface area contributed by atoms with Crippen molar-refractivity contribution < 1.29 is 0 Å². The molecule has 0 bridgehead atoms. The van der Waals surface area contributed by atoms with Crippen LogP contribution >= 0.6 is 11.3 Å². The molecule has 0 radical (unpaired) electrons. The Morgan fingerprint density at radius 3 is 3.00 bits per heavy atom. The van der Waals surface area contributed by atoms with Gasteiger partial charge in [-0.1, -0.05) is 6.92 Å². The van der Waals surface area contributed by atoms with Crippen LogP contribution in [0.15, 0.2) is 17.8 Å². The van der Waals surface area contributed by atoms with Gasteiger partial charge in [-0.3, -0.25) is 0 Å². The van der Waals surface area contributed by atoms with E-state index in [1.165, 1.54) is 5.01 Å². The van der Waals surface area contributed by atoms with E-state index < -0.39 is 0 Å². The van der Waals surface area contributed by atoms with E-state index in [9.17, 15) is 0 Å². The molecule has 5 heteroatoms. The van der Waals surface area contributed by atoms with Crippen LogP contribution in [0.2, 0.25) is 0 Å². The maximum absolute atomic E-state index is 5.66. The fraction of sp³-hybridized carbons (Fsp3) is 0.333. The third kappa shape index (κ3) is 1.77. The Bertz CT molecular complexity index is 418. The van der Waals surface area contributed by atoms with Crippen LogP contribution in [0.5, 0.6) is 0 Å². The lowest BCUT2D eigenvalue weighted by Gasteiger charge is -2.00. The molecule has 0 aliphatic rings. The molecule has 0 aromatic carbocycles. The van der Waals surface area contributed by atoms with Gasteiger partial charge in [0.15, 0.2) is 5.95 Å². The van der Waals surface area contributed by atoms with Gasteiger partial charge in [0.25, 0.3) is 0 Å². The molecule has 2 aromatic heterocycles. The third-order valence-electron chi connectivity index (χ3n) is 1.98. The van der Waals surface area contributed by atoms with Gasteiger partial charge in [-0.05, 0) is 6.42 Å². The molecule has 2 heterocycles. The highest BCUT2D eigenvalue weighted by molar-refractivity contribution is 7.09. The fourth-order valence-electron chi connectivity index (χ4n) is 1.23. The molecule has 0 saturated carbocycles. The maximum Gasteiger partial charge on any atom is 0.200 e. The second kappa shape index (κ2) is 3.79. The summed E-state index contributed by atoms with van der Waals surface area (Å²) in [6, 6.07) is 0. The Labute approximate surface area is 86.4 Å². The Morgan fingerprint density at radius 1 is 1.57 bits per heavy atom. The van der Waals surface area contributed by atoms with Crippen molar-refractivity contribution in [2.24, 2.45) is 0 Å². The Morgan fingerprint density at radius 2 is 2.43 bits per heavy atom. The van der Waals surface area contributed by atoms with Crippen molar-refractivity contribution in [1.29, 1.82) is 0 Å². The number of aryl methyl sites for hydroxylation is 1. The zero-order valence-corrected chi connectivity index (χ0v) is 8.79. The van der Waals surface area contributed by atoms with Gasteiger partial charge in [-0.25, -0.2) is 9.97 Å². The molecule has 0 amide bonds. The lowest BCUT2D eigenvalue weighted by molar-refractivity contribution is 0.786. The van der Waals surface area contributed by atoms with Crippen molar-refractivity contribution in [2.45, 2.75) is 19.9 Å². The van der Waals surface area contributed by atoms with Gasteiger partial charge >= 0.3 is 0 Å². The number of rotatable bonds is 3. The van der Waals surface area contributed by atoms with Gasteiger partial charge < -0.3 is 10.3 Å². The van der Waals surface area contributed by atoms with Crippen molar-refractivity contribution in [3.8, 4) is 0 Å². The molecule has 2 N–H and O–H groups in total. The average molecular weight is 208 g/mol. The SMILES string of the molecule is CCc1nc(Cn2ccnc2N)cs1. The minimum absolute atomic E-state index is 0.538. The number of nitrogens with zero attached hydrogens (tertiary/aromatic N) is 3. The highest BCUT2D eigenvalue weighted by Gasteiger charge is 2.03. The zero-order valence-electron chi connectivity index (χ0n) is 7.97. The van der Waals surface area contributed by atoms with E-state index in [0.717, 1.165) is 12.1 Å². The van der Waals surface area contributed by atoms with E-state index in [1.54, 1.807) is 17.5 Å². The summed E-state index contributed by atoms with van der Waals surface area (Å²) in [7, 11) is 0. The molecule has 0 saturated heterocycles. The van der Waals surface area contributed by atoms with Crippen molar-refractivity contribution >= 4 is 17.3 Å². The van der Waals surface area contributed by atoms with Gasteiger partial charge in [-0.15, -0.1) is 11.3 Å². The van der Waals surface area contributed by atoms with E-state index in [2.05, 4.69) is 22.3 Å². The number of aromatic nitrogens is 3. The summed E-state index contributed by atoms with van der Waals surface area (Å²) < 4.78 is 1.88. The fourth-order valence-corrected chi connectivity index (χ4v) is 1.97. The predicted molar refractivity (Wildman–Crippen MR) is 57.2 cm³/mol. The largest absolute Gasteiger partial charge is 0.369 e. The van der Waals surface area contributed by atoms with Crippen molar-refractivity contribution in [1.82, 2.24) is 14.5 Å². The number of thiazole rings is 1. The molecule has 0 aliphatic carbocycles. The van der Waals surface area contributed by atoms with Crippen LogP contribution in [0.3, 0.4) is 0 Å². The van der Waals surface area contributed by atoms with Crippen molar-refractivity contribution in [2.75, 3.05) is 5.73 Å². The number of imidazole rings is 1. The molecule has 2 aromatic rings. The zero-order chi connectivity index (χ0) is 9.97. The smallest absolute Gasteiger partial charge is 0.200 e. The van der Waals surface area contributed by atoms with Gasteiger partial charge in [0.05, 0.1) is 17.2 Å². The van der Waals surface area contributed by atoms with Crippen LogP contribution in [-0.2, 0) is 13.0 Å². The van der Waals surface area contributed by atoms with E-state index in [-0.39, 0.29) is 0 Å². The molecule has 0 spiro atoms. The lowest BCUT2D eigenvalue weighted by atomic mass is 10.4. The quantitative estimate of drug-likeness (QED) is 0.832. The summed E-state index contributed by atoms with van der Waals surface area (Å²) in [4.78, 5) is 8.42. The number of hydrogen-bond acceptors (Lipinski definition) is 4. The highest BCUT2D eigenvalue weighted by atomic mass is 32.1. The third-order valence-corrected chi connectivity index (χ3v) is 3.02. The van der Waals surface area contributed by atoms with Crippen LogP contribution in [0.1, 0.15) is 17.6 Å². The Balaban J connectivity index is 2.15. The predicted octanol–water partition coefficient (Wildman–Crippen LogP) is 1.53. The van der Waals surface area contributed by atoms with Crippen LogP contribution < -0.4 is 5.73 Å². The molecule has 14 heavy (non-hydrogen) atoms. The first-order chi connectivity index (χ1) is 6.79. The lowest BCUT2D eigenvalue weighted by Crippen LogP contribution is -2.03. The molecule has 2 rings (SSSR count). The van der Waals surface area contributed by atoms with Gasteiger partial charge in [0.2, 0.25) is 0 Å². The Kier molecular flexibility index (Phi) is 2.49. The number of hydrogen-bond donors (Lipinski definition) is 1. The van der Waals surface area contributed by atoms with Gasteiger partial charge in [0.1, 0.15) is 0 Å². The highest BCUT2D eigenvalue weighted by Crippen LogP contribution is 2.12. The summed E-state index contributed by atoms with van der Waals surface area (Å²) in [5.41, 5.74) is 6.71. The molecule has 74 valence electrons. The maximum atomic E-state index is 5.66. The summed E-state index contributed by atoms with van der Waals surface area (Å²) in [5, 5.41) is 3.23.